The predicted octanol–water partition coefficient (Wildman–Crippen LogP) is 3.46. The lowest BCUT2D eigenvalue weighted by Crippen LogP contribution is -2.25. The molecule has 0 saturated heterocycles. The van der Waals surface area contributed by atoms with E-state index in [4.69, 9.17) is 4.74 Å². The van der Waals surface area contributed by atoms with Gasteiger partial charge in [-0.05, 0) is 54.8 Å². The van der Waals surface area contributed by atoms with Crippen LogP contribution < -0.4 is 15.4 Å². The number of carbonyl (C=O) groups excluding carboxylic acids is 1. The molecule has 2 N–H and O–H groups in total. The average Bonchev–Trinajstić information content (AvgIpc) is 2.58. The Kier molecular flexibility index (Phi) is 5.80. The maximum absolute atomic E-state index is 14.6. The second kappa shape index (κ2) is 7.64. The van der Waals surface area contributed by atoms with Gasteiger partial charge in [-0.3, -0.25) is 4.79 Å². The van der Waals surface area contributed by atoms with Crippen LogP contribution in [-0.2, 0) is 13.0 Å². The number of carbonyl (C=O) groups is 1. The number of hydrogen-bond donors (Lipinski definition) is 2. The smallest absolute Gasteiger partial charge is 0.255 e. The van der Waals surface area contributed by atoms with Gasteiger partial charge in [0.2, 0.25) is 0 Å². The lowest BCUT2D eigenvalue weighted by molar-refractivity contribution is 0.102. The molecule has 0 saturated carbocycles. The van der Waals surface area contributed by atoms with Crippen molar-refractivity contribution in [1.29, 1.82) is 0 Å². The van der Waals surface area contributed by atoms with Gasteiger partial charge >= 0.3 is 0 Å². The summed E-state index contributed by atoms with van der Waals surface area (Å²) >= 11 is 0. The molecular formula is C18H20ClFN2O2. The molecule has 1 aliphatic rings. The van der Waals surface area contributed by atoms with Gasteiger partial charge in [0.1, 0.15) is 11.6 Å². The minimum atomic E-state index is -0.351. The first-order chi connectivity index (χ1) is 11.1. The van der Waals surface area contributed by atoms with E-state index in [1.54, 1.807) is 25.3 Å². The molecule has 0 spiro atoms. The van der Waals surface area contributed by atoms with E-state index in [2.05, 4.69) is 10.6 Å². The van der Waals surface area contributed by atoms with Gasteiger partial charge in [-0.2, -0.15) is 0 Å². The number of halogens is 2. The maximum atomic E-state index is 14.6. The summed E-state index contributed by atoms with van der Waals surface area (Å²) in [6.07, 6.45) is 0.628. The second-order valence-electron chi connectivity index (χ2n) is 5.63. The molecule has 0 atom stereocenters. The molecule has 0 bridgehead atoms. The number of fused-ring (bicyclic) bond motifs is 1. The van der Waals surface area contributed by atoms with Crippen molar-refractivity contribution in [3.8, 4) is 5.75 Å². The molecule has 0 fully saturated rings. The molecule has 2 aromatic rings. The molecule has 4 nitrogen and oxygen atoms in total. The van der Waals surface area contributed by atoms with E-state index in [0.717, 1.165) is 17.7 Å². The number of hydrogen-bond acceptors (Lipinski definition) is 3. The number of anilines is 1. The van der Waals surface area contributed by atoms with Crippen molar-refractivity contribution >= 4 is 24.0 Å². The third kappa shape index (κ3) is 3.52. The summed E-state index contributed by atoms with van der Waals surface area (Å²) in [7, 11) is 1.56. The number of benzene rings is 2. The van der Waals surface area contributed by atoms with Crippen molar-refractivity contribution in [1.82, 2.24) is 5.32 Å². The fourth-order valence-corrected chi connectivity index (χ4v) is 2.79. The lowest BCUT2D eigenvalue weighted by Gasteiger charge is -2.19. The fraction of sp³-hybridized carbons (Fsp3) is 0.278. The largest absolute Gasteiger partial charge is 0.496 e. The van der Waals surface area contributed by atoms with Gasteiger partial charge in [0, 0.05) is 12.1 Å². The van der Waals surface area contributed by atoms with Crippen LogP contribution in [0, 0.1) is 12.7 Å². The van der Waals surface area contributed by atoms with Gasteiger partial charge in [0.25, 0.3) is 5.91 Å². The van der Waals surface area contributed by atoms with Crippen molar-refractivity contribution < 1.29 is 13.9 Å². The van der Waals surface area contributed by atoms with Gasteiger partial charge in [0.15, 0.2) is 0 Å². The SMILES string of the molecule is COc1cc(C(=O)Nc2ccc3c(c2F)CCNC3)ccc1C.Cl. The maximum Gasteiger partial charge on any atom is 0.255 e. The summed E-state index contributed by atoms with van der Waals surface area (Å²) in [6.45, 7) is 3.31. The Balaban J connectivity index is 0.00000208. The van der Waals surface area contributed by atoms with Crippen LogP contribution >= 0.6 is 12.4 Å². The zero-order valence-corrected chi connectivity index (χ0v) is 14.4. The fourth-order valence-electron chi connectivity index (χ4n) is 2.79. The monoisotopic (exact) mass is 350 g/mol. The van der Waals surface area contributed by atoms with E-state index in [1.807, 2.05) is 19.1 Å². The summed E-state index contributed by atoms with van der Waals surface area (Å²) in [4.78, 5) is 12.4. The summed E-state index contributed by atoms with van der Waals surface area (Å²) in [6, 6.07) is 8.64. The Morgan fingerprint density at radius 3 is 2.83 bits per heavy atom. The highest BCUT2D eigenvalue weighted by Gasteiger charge is 2.18. The zero-order valence-electron chi connectivity index (χ0n) is 13.6. The Labute approximate surface area is 146 Å². The molecule has 1 amide bonds. The van der Waals surface area contributed by atoms with Crippen molar-refractivity contribution in [3.05, 3.63) is 58.4 Å². The highest BCUT2D eigenvalue weighted by molar-refractivity contribution is 6.04. The summed E-state index contributed by atoms with van der Waals surface area (Å²) < 4.78 is 19.8. The van der Waals surface area contributed by atoms with E-state index in [0.29, 0.717) is 29.8 Å². The molecule has 128 valence electrons. The first kappa shape index (κ1) is 18.2. The van der Waals surface area contributed by atoms with Crippen LogP contribution in [0.25, 0.3) is 0 Å². The number of nitrogens with one attached hydrogen (secondary N) is 2. The van der Waals surface area contributed by atoms with Gasteiger partial charge in [0.05, 0.1) is 12.8 Å². The van der Waals surface area contributed by atoms with Crippen LogP contribution in [0.5, 0.6) is 5.75 Å². The number of ether oxygens (including phenoxy) is 1. The average molecular weight is 351 g/mol. The third-order valence-corrected chi connectivity index (χ3v) is 4.13. The standard InChI is InChI=1S/C18H19FN2O2.ClH/c1-11-3-4-12(9-16(11)23-2)18(22)21-15-6-5-13-10-20-8-7-14(13)17(15)19;/h3-6,9,20H,7-8,10H2,1-2H3,(H,21,22);1H. The van der Waals surface area contributed by atoms with Gasteiger partial charge < -0.3 is 15.4 Å². The van der Waals surface area contributed by atoms with Gasteiger partial charge in [-0.1, -0.05) is 12.1 Å². The molecule has 1 heterocycles. The molecule has 6 heteroatoms. The van der Waals surface area contributed by atoms with Gasteiger partial charge in [-0.25, -0.2) is 4.39 Å². The topological polar surface area (TPSA) is 50.4 Å². The molecule has 0 aliphatic carbocycles. The van der Waals surface area contributed by atoms with E-state index in [-0.39, 0.29) is 29.8 Å². The van der Waals surface area contributed by atoms with E-state index in [9.17, 15) is 9.18 Å². The van der Waals surface area contributed by atoms with Crippen LogP contribution in [0.3, 0.4) is 0 Å². The predicted molar refractivity (Wildman–Crippen MR) is 94.7 cm³/mol. The van der Waals surface area contributed by atoms with Crippen LogP contribution in [0.2, 0.25) is 0 Å². The van der Waals surface area contributed by atoms with Crippen molar-refractivity contribution in [2.75, 3.05) is 19.0 Å². The Bertz CT molecular complexity index is 765. The molecule has 2 aromatic carbocycles. The number of rotatable bonds is 3. The minimum Gasteiger partial charge on any atom is -0.496 e. The van der Waals surface area contributed by atoms with Crippen LogP contribution in [-0.4, -0.2) is 19.6 Å². The highest BCUT2D eigenvalue weighted by atomic mass is 35.5. The normalized spacial score (nSPS) is 12.8. The van der Waals surface area contributed by atoms with Crippen LogP contribution in [0.4, 0.5) is 10.1 Å². The molecule has 1 aliphatic heterocycles. The molecular weight excluding hydrogens is 331 g/mol. The number of methoxy groups -OCH3 is 1. The molecule has 0 radical (unpaired) electrons. The number of aryl methyl sites for hydroxylation is 1. The third-order valence-electron chi connectivity index (χ3n) is 4.13. The van der Waals surface area contributed by atoms with Crippen molar-refractivity contribution in [3.63, 3.8) is 0 Å². The molecule has 0 aromatic heterocycles. The van der Waals surface area contributed by atoms with E-state index in [1.165, 1.54) is 0 Å². The molecule has 24 heavy (non-hydrogen) atoms. The Hall–Kier alpha value is -2.11. The molecule has 0 unspecified atom stereocenters. The van der Waals surface area contributed by atoms with Crippen LogP contribution in [0.1, 0.15) is 27.0 Å². The van der Waals surface area contributed by atoms with Crippen molar-refractivity contribution in [2.45, 2.75) is 19.9 Å². The van der Waals surface area contributed by atoms with Crippen molar-refractivity contribution in [2.24, 2.45) is 0 Å². The van der Waals surface area contributed by atoms with E-state index >= 15 is 0 Å². The summed E-state index contributed by atoms with van der Waals surface area (Å²) in [5, 5.41) is 5.86. The Morgan fingerprint density at radius 2 is 2.08 bits per heavy atom. The Morgan fingerprint density at radius 1 is 1.29 bits per heavy atom. The van der Waals surface area contributed by atoms with Gasteiger partial charge in [-0.15, -0.1) is 12.4 Å². The number of amides is 1. The zero-order chi connectivity index (χ0) is 16.4. The first-order valence-corrected chi connectivity index (χ1v) is 7.57. The van der Waals surface area contributed by atoms with Crippen LogP contribution in [0.15, 0.2) is 30.3 Å². The summed E-state index contributed by atoms with van der Waals surface area (Å²) in [5.41, 5.74) is 3.23. The summed E-state index contributed by atoms with van der Waals surface area (Å²) in [5.74, 6) is -0.0536. The molecule has 3 rings (SSSR count). The first-order valence-electron chi connectivity index (χ1n) is 7.57. The highest BCUT2D eigenvalue weighted by Crippen LogP contribution is 2.25. The quantitative estimate of drug-likeness (QED) is 0.891. The van der Waals surface area contributed by atoms with E-state index < -0.39 is 0 Å². The second-order valence-corrected chi connectivity index (χ2v) is 5.63. The lowest BCUT2D eigenvalue weighted by atomic mass is 9.99. The minimum absolute atomic E-state index is 0.